The number of allylic oxidation sites excluding steroid dienone is 1. The van der Waals surface area contributed by atoms with Gasteiger partial charge in [-0.05, 0) is 53.8 Å². The summed E-state index contributed by atoms with van der Waals surface area (Å²) in [5, 5.41) is 10.3. The number of carbonyl (C=O) groups is 1. The summed E-state index contributed by atoms with van der Waals surface area (Å²) in [6.45, 7) is 0.329. The normalized spacial score (nSPS) is 15.9. The predicted octanol–water partition coefficient (Wildman–Crippen LogP) is 4.48. The number of carboxylic acids is 1. The summed E-state index contributed by atoms with van der Waals surface area (Å²) in [6.07, 6.45) is 2.20. The molecule has 0 spiro atoms. The molecule has 3 aromatic rings. The van der Waals surface area contributed by atoms with Gasteiger partial charge in [-0.2, -0.15) is 0 Å². The average Bonchev–Trinajstić information content (AvgIpc) is 3.16. The number of rotatable bonds is 4. The highest BCUT2D eigenvalue weighted by atomic mass is 35.5. The van der Waals surface area contributed by atoms with Crippen LogP contribution in [0.4, 0.5) is 4.39 Å². The molecule has 1 aliphatic carbocycles. The summed E-state index contributed by atoms with van der Waals surface area (Å²) in [5.41, 5.74) is 3.40. The van der Waals surface area contributed by atoms with Gasteiger partial charge in [-0.3, -0.25) is 0 Å². The molecule has 1 heterocycles. The summed E-state index contributed by atoms with van der Waals surface area (Å²) >= 11 is 3.55. The van der Waals surface area contributed by atoms with Crippen LogP contribution >= 0.6 is 11.6 Å². The van der Waals surface area contributed by atoms with Crippen molar-refractivity contribution in [3.05, 3.63) is 70.1 Å². The van der Waals surface area contributed by atoms with Gasteiger partial charge >= 0.3 is 5.97 Å². The van der Waals surface area contributed by atoms with Crippen molar-refractivity contribution in [2.45, 2.75) is 24.3 Å². The first-order valence-corrected chi connectivity index (χ1v) is 9.97. The Balaban J connectivity index is 2.03. The van der Waals surface area contributed by atoms with Gasteiger partial charge in [-0.15, -0.1) is 0 Å². The third-order valence-corrected chi connectivity index (χ3v) is 5.82. The van der Waals surface area contributed by atoms with Crippen LogP contribution in [0.1, 0.15) is 23.2 Å². The molecule has 144 valence electrons. The van der Waals surface area contributed by atoms with Crippen molar-refractivity contribution >= 4 is 45.1 Å². The Morgan fingerprint density at radius 2 is 1.96 bits per heavy atom. The van der Waals surface area contributed by atoms with Crippen LogP contribution in [-0.4, -0.2) is 24.4 Å². The van der Waals surface area contributed by atoms with Crippen molar-refractivity contribution < 1.29 is 23.1 Å². The summed E-state index contributed by atoms with van der Waals surface area (Å²) in [6, 6.07) is 9.52. The quantitative estimate of drug-likeness (QED) is 0.482. The fraction of sp³-hybridized carbons (Fsp3) is 0.150. The first-order chi connectivity index (χ1) is 13.3. The van der Waals surface area contributed by atoms with Gasteiger partial charge in [0.05, 0.1) is 10.4 Å². The zero-order chi connectivity index (χ0) is 20.0. The zero-order valence-corrected chi connectivity index (χ0v) is 16.1. The number of benzene rings is 2. The Labute approximate surface area is 167 Å². The molecular weight excluding hydrogens is 405 g/mol. The van der Waals surface area contributed by atoms with Gasteiger partial charge in [-0.25, -0.2) is 13.4 Å². The first kappa shape index (κ1) is 18.9. The number of hydrogen-bond acceptors (Lipinski definition) is 2. The standard InChI is InChI=1S/C20H15ClFNO4S/c21-13-4-1-11(2-5-13)10-23-19-12(7-18(24)25)3-6-15(19)16-8-14(22)9-17(20(16)23)28(26)27/h1-2,4-5,7-9H,3,6,10H2,(H,24,25)(H,26,27)/b12-7+. The van der Waals surface area contributed by atoms with E-state index in [1.807, 2.05) is 12.1 Å². The number of fused-ring (bicyclic) bond motifs is 3. The van der Waals surface area contributed by atoms with E-state index in [0.717, 1.165) is 23.3 Å². The monoisotopic (exact) mass is 419 g/mol. The van der Waals surface area contributed by atoms with Crippen LogP contribution in [0.5, 0.6) is 0 Å². The van der Waals surface area contributed by atoms with Gasteiger partial charge in [0.15, 0.2) is 11.1 Å². The van der Waals surface area contributed by atoms with Crippen molar-refractivity contribution in [2.24, 2.45) is 0 Å². The number of carboxylic acid groups (broad SMARTS) is 1. The molecule has 0 fully saturated rings. The van der Waals surface area contributed by atoms with E-state index in [-0.39, 0.29) is 4.90 Å². The average molecular weight is 420 g/mol. The smallest absolute Gasteiger partial charge is 0.328 e. The van der Waals surface area contributed by atoms with Crippen LogP contribution in [0.15, 0.2) is 47.4 Å². The molecule has 0 aliphatic heterocycles. The molecule has 0 radical (unpaired) electrons. The highest BCUT2D eigenvalue weighted by Crippen LogP contribution is 2.42. The Kier molecular flexibility index (Phi) is 4.82. The summed E-state index contributed by atoms with van der Waals surface area (Å²) < 4.78 is 37.6. The second-order valence-electron chi connectivity index (χ2n) is 6.60. The lowest BCUT2D eigenvalue weighted by Crippen LogP contribution is -2.06. The maximum Gasteiger partial charge on any atom is 0.328 e. The minimum absolute atomic E-state index is 0.0342. The molecular formula is C20H15ClFNO4S. The second kappa shape index (κ2) is 7.16. The Hall–Kier alpha value is -2.48. The lowest BCUT2D eigenvalue weighted by Gasteiger charge is -2.13. The molecule has 0 saturated heterocycles. The lowest BCUT2D eigenvalue weighted by molar-refractivity contribution is -0.131. The summed E-state index contributed by atoms with van der Waals surface area (Å²) in [5.74, 6) is -1.67. The minimum atomic E-state index is -2.40. The van der Waals surface area contributed by atoms with E-state index >= 15 is 0 Å². The molecule has 1 atom stereocenters. The number of aliphatic carboxylic acids is 1. The fourth-order valence-electron chi connectivity index (χ4n) is 3.84. The molecule has 2 N–H and O–H groups in total. The van der Waals surface area contributed by atoms with Crippen LogP contribution in [0, 0.1) is 5.82 Å². The number of aryl methyl sites for hydroxylation is 1. The zero-order valence-electron chi connectivity index (χ0n) is 14.5. The number of nitrogens with zero attached hydrogens (tertiary/aromatic N) is 1. The van der Waals surface area contributed by atoms with Crippen molar-refractivity contribution in [3.63, 3.8) is 0 Å². The number of hydrogen-bond donors (Lipinski definition) is 2. The van der Waals surface area contributed by atoms with Crippen LogP contribution < -0.4 is 0 Å². The summed E-state index contributed by atoms with van der Waals surface area (Å²) in [7, 11) is 0. The van der Waals surface area contributed by atoms with E-state index in [2.05, 4.69) is 0 Å². The second-order valence-corrected chi connectivity index (χ2v) is 7.97. The van der Waals surface area contributed by atoms with Crippen molar-refractivity contribution in [1.29, 1.82) is 0 Å². The van der Waals surface area contributed by atoms with Gasteiger partial charge in [0.25, 0.3) is 0 Å². The topological polar surface area (TPSA) is 79.5 Å². The first-order valence-electron chi connectivity index (χ1n) is 8.49. The van der Waals surface area contributed by atoms with Gasteiger partial charge in [0, 0.05) is 28.7 Å². The minimum Gasteiger partial charge on any atom is -0.478 e. The van der Waals surface area contributed by atoms with E-state index in [1.54, 1.807) is 16.7 Å². The third-order valence-electron chi connectivity index (χ3n) is 4.88. The van der Waals surface area contributed by atoms with Gasteiger partial charge in [0.1, 0.15) is 5.82 Å². The van der Waals surface area contributed by atoms with Crippen molar-refractivity contribution in [2.75, 3.05) is 0 Å². The molecule has 2 aromatic carbocycles. The molecule has 0 amide bonds. The van der Waals surface area contributed by atoms with Crippen LogP contribution in [0.25, 0.3) is 16.5 Å². The molecule has 8 heteroatoms. The summed E-state index contributed by atoms with van der Waals surface area (Å²) in [4.78, 5) is 11.2. The Morgan fingerprint density at radius 3 is 2.61 bits per heavy atom. The van der Waals surface area contributed by atoms with Crippen molar-refractivity contribution in [3.8, 4) is 0 Å². The van der Waals surface area contributed by atoms with E-state index < -0.39 is 22.9 Å². The molecule has 1 aliphatic rings. The maximum atomic E-state index is 14.1. The van der Waals surface area contributed by atoms with Gasteiger partial charge in [0.2, 0.25) is 0 Å². The molecule has 4 rings (SSSR count). The molecule has 1 unspecified atom stereocenters. The van der Waals surface area contributed by atoms with Crippen LogP contribution in [0.3, 0.4) is 0 Å². The lowest BCUT2D eigenvalue weighted by atomic mass is 10.1. The Morgan fingerprint density at radius 1 is 1.25 bits per heavy atom. The van der Waals surface area contributed by atoms with Gasteiger partial charge in [-0.1, -0.05) is 23.7 Å². The van der Waals surface area contributed by atoms with Crippen LogP contribution in [0.2, 0.25) is 5.02 Å². The third kappa shape index (κ3) is 3.26. The SMILES string of the molecule is O=C(O)/C=C1\CCc2c1n(Cc1ccc(Cl)cc1)c1c(S(=O)O)cc(F)cc21. The van der Waals surface area contributed by atoms with E-state index in [1.165, 1.54) is 6.07 Å². The molecule has 0 saturated carbocycles. The molecule has 28 heavy (non-hydrogen) atoms. The molecule has 1 aromatic heterocycles. The Bertz CT molecular complexity index is 1170. The van der Waals surface area contributed by atoms with E-state index in [9.17, 15) is 23.1 Å². The highest BCUT2D eigenvalue weighted by Gasteiger charge is 2.29. The number of halogens is 2. The van der Waals surface area contributed by atoms with E-state index in [4.69, 9.17) is 11.6 Å². The predicted molar refractivity (Wildman–Crippen MR) is 105 cm³/mol. The highest BCUT2D eigenvalue weighted by molar-refractivity contribution is 7.79. The molecule has 5 nitrogen and oxygen atoms in total. The fourth-order valence-corrected chi connectivity index (χ4v) is 4.56. The number of aromatic nitrogens is 1. The molecule has 0 bridgehead atoms. The largest absolute Gasteiger partial charge is 0.478 e. The van der Waals surface area contributed by atoms with Crippen molar-refractivity contribution in [1.82, 2.24) is 4.57 Å². The van der Waals surface area contributed by atoms with Gasteiger partial charge < -0.3 is 14.2 Å². The van der Waals surface area contributed by atoms with Crippen LogP contribution in [-0.2, 0) is 28.8 Å². The van der Waals surface area contributed by atoms with E-state index in [0.29, 0.717) is 46.6 Å². The maximum absolute atomic E-state index is 14.1.